The molecule has 2 aromatic heterocycles. The minimum atomic E-state index is 0.605. The van der Waals surface area contributed by atoms with E-state index in [2.05, 4.69) is 38.3 Å². The van der Waals surface area contributed by atoms with Crippen molar-refractivity contribution in [3.05, 3.63) is 52.3 Å². The minimum Gasteiger partial charge on any atom is -0.490 e. The van der Waals surface area contributed by atoms with Gasteiger partial charge in [-0.2, -0.15) is 4.98 Å². The van der Waals surface area contributed by atoms with E-state index in [1.54, 1.807) is 11.3 Å². The van der Waals surface area contributed by atoms with Gasteiger partial charge >= 0.3 is 0 Å². The Kier molecular flexibility index (Phi) is 6.81. The topological polar surface area (TPSA) is 93.8 Å². The van der Waals surface area contributed by atoms with Crippen LogP contribution >= 0.6 is 11.3 Å². The molecule has 8 nitrogen and oxygen atoms in total. The number of ether oxygens (including phenoxy) is 2. The molecule has 2 N–H and O–H groups in total. The van der Waals surface area contributed by atoms with E-state index in [1.807, 2.05) is 25.1 Å². The summed E-state index contributed by atoms with van der Waals surface area (Å²) in [5.41, 5.74) is 0.884. The minimum absolute atomic E-state index is 0.605. The molecule has 0 aliphatic carbocycles. The van der Waals surface area contributed by atoms with Gasteiger partial charge in [0.15, 0.2) is 23.3 Å². The van der Waals surface area contributed by atoms with Gasteiger partial charge in [-0.25, -0.2) is 0 Å². The quantitative estimate of drug-likeness (QED) is 0.441. The van der Waals surface area contributed by atoms with Crippen molar-refractivity contribution >= 4 is 23.0 Å². The summed E-state index contributed by atoms with van der Waals surface area (Å²) in [6.45, 7) is 4.44. The Balaban J connectivity index is 1.41. The first-order valence-corrected chi connectivity index (χ1v) is 10.9. The summed E-state index contributed by atoms with van der Waals surface area (Å²) in [4.78, 5) is 10.3. The van der Waals surface area contributed by atoms with Crippen molar-refractivity contribution < 1.29 is 14.0 Å². The lowest BCUT2D eigenvalue weighted by Gasteiger charge is -2.14. The second-order valence-corrected chi connectivity index (χ2v) is 7.84. The molecule has 158 valence electrons. The SMILES string of the molecule is Cc1noc(CCNC(=NCCc2cccs2)Nc2ccc3c(c2)OCCCO3)n1. The van der Waals surface area contributed by atoms with Crippen LogP contribution in [0.5, 0.6) is 11.5 Å². The first kappa shape index (κ1) is 20.2. The number of nitrogens with zero attached hydrogens (tertiary/aromatic N) is 3. The van der Waals surface area contributed by atoms with Crippen molar-refractivity contribution in [2.24, 2.45) is 4.99 Å². The van der Waals surface area contributed by atoms with Crippen LogP contribution in [0.25, 0.3) is 0 Å². The molecule has 1 aromatic carbocycles. The van der Waals surface area contributed by atoms with Crippen LogP contribution in [0, 0.1) is 6.92 Å². The highest BCUT2D eigenvalue weighted by Crippen LogP contribution is 2.32. The molecule has 3 heterocycles. The lowest BCUT2D eigenvalue weighted by Crippen LogP contribution is -2.32. The van der Waals surface area contributed by atoms with E-state index >= 15 is 0 Å². The van der Waals surface area contributed by atoms with Gasteiger partial charge in [0.2, 0.25) is 5.89 Å². The van der Waals surface area contributed by atoms with Crippen molar-refractivity contribution in [1.29, 1.82) is 0 Å². The summed E-state index contributed by atoms with van der Waals surface area (Å²) >= 11 is 1.75. The number of hydrogen-bond acceptors (Lipinski definition) is 7. The zero-order valence-corrected chi connectivity index (χ0v) is 17.7. The zero-order valence-electron chi connectivity index (χ0n) is 16.9. The third kappa shape index (κ3) is 5.73. The van der Waals surface area contributed by atoms with E-state index in [9.17, 15) is 0 Å². The molecule has 0 spiro atoms. The summed E-state index contributed by atoms with van der Waals surface area (Å²) < 4.78 is 16.7. The van der Waals surface area contributed by atoms with Gasteiger partial charge in [0.25, 0.3) is 0 Å². The third-order valence-corrected chi connectivity index (χ3v) is 5.36. The van der Waals surface area contributed by atoms with Crippen molar-refractivity contribution in [1.82, 2.24) is 15.5 Å². The van der Waals surface area contributed by atoms with Crippen LogP contribution in [-0.2, 0) is 12.8 Å². The maximum absolute atomic E-state index is 5.79. The molecule has 9 heteroatoms. The average Bonchev–Trinajstić information content (AvgIpc) is 3.34. The number of aliphatic imine (C=N–C) groups is 1. The number of guanidine groups is 1. The number of rotatable bonds is 7. The zero-order chi connectivity index (χ0) is 20.6. The van der Waals surface area contributed by atoms with Crippen molar-refractivity contribution in [2.75, 3.05) is 31.6 Å². The first-order valence-electron chi connectivity index (χ1n) is 10.0. The molecule has 1 aliphatic heterocycles. The Bertz CT molecular complexity index is 971. The molecule has 0 radical (unpaired) electrons. The van der Waals surface area contributed by atoms with E-state index < -0.39 is 0 Å². The second kappa shape index (κ2) is 10.1. The van der Waals surface area contributed by atoms with Gasteiger partial charge in [0, 0.05) is 49.0 Å². The fraction of sp³-hybridized carbons (Fsp3) is 0.381. The Morgan fingerprint density at radius 1 is 1.17 bits per heavy atom. The standard InChI is InChI=1S/C21H25N5O3S/c1-15-24-20(29-26-15)8-10-23-21(22-9-7-17-4-2-13-30-17)25-16-5-6-18-19(14-16)28-12-3-11-27-18/h2,4-6,13-14H,3,7-12H2,1H3,(H2,22,23,25). The molecule has 0 saturated heterocycles. The van der Waals surface area contributed by atoms with Crippen LogP contribution in [0.4, 0.5) is 5.69 Å². The number of hydrogen-bond donors (Lipinski definition) is 2. The third-order valence-electron chi connectivity index (χ3n) is 4.42. The molecule has 0 unspecified atom stereocenters. The van der Waals surface area contributed by atoms with Gasteiger partial charge in [-0.15, -0.1) is 11.3 Å². The Hall–Kier alpha value is -3.07. The number of benzene rings is 1. The predicted molar refractivity (Wildman–Crippen MR) is 117 cm³/mol. The molecular formula is C21H25N5O3S. The van der Waals surface area contributed by atoms with Crippen LogP contribution < -0.4 is 20.1 Å². The molecule has 3 aromatic rings. The average molecular weight is 428 g/mol. The Morgan fingerprint density at radius 3 is 2.87 bits per heavy atom. The Labute approximate surface area is 179 Å². The summed E-state index contributed by atoms with van der Waals surface area (Å²) in [5.74, 6) is 3.46. The molecular weight excluding hydrogens is 402 g/mol. The number of aryl methyl sites for hydroxylation is 1. The molecule has 0 atom stereocenters. The molecule has 30 heavy (non-hydrogen) atoms. The van der Waals surface area contributed by atoms with Crippen molar-refractivity contribution in [2.45, 2.75) is 26.2 Å². The maximum Gasteiger partial charge on any atom is 0.228 e. The van der Waals surface area contributed by atoms with Gasteiger partial charge in [-0.1, -0.05) is 11.2 Å². The fourth-order valence-corrected chi connectivity index (χ4v) is 3.68. The smallest absolute Gasteiger partial charge is 0.228 e. The highest BCUT2D eigenvalue weighted by molar-refractivity contribution is 7.09. The second-order valence-electron chi connectivity index (χ2n) is 6.81. The number of thiophene rings is 1. The van der Waals surface area contributed by atoms with E-state index in [0.29, 0.717) is 50.4 Å². The summed E-state index contributed by atoms with van der Waals surface area (Å²) in [6, 6.07) is 10.0. The van der Waals surface area contributed by atoms with Crippen LogP contribution in [-0.4, -0.2) is 42.4 Å². The molecule has 0 bridgehead atoms. The highest BCUT2D eigenvalue weighted by atomic mass is 32.1. The maximum atomic E-state index is 5.79. The predicted octanol–water partition coefficient (Wildman–Crippen LogP) is 3.44. The summed E-state index contributed by atoms with van der Waals surface area (Å²) in [7, 11) is 0. The first-order chi connectivity index (χ1) is 14.8. The number of aromatic nitrogens is 2. The summed E-state index contributed by atoms with van der Waals surface area (Å²) in [6.07, 6.45) is 2.39. The molecule has 4 rings (SSSR count). The molecule has 0 fully saturated rings. The number of anilines is 1. The van der Waals surface area contributed by atoms with Gasteiger partial charge in [0.05, 0.1) is 13.2 Å². The molecule has 0 saturated carbocycles. The monoisotopic (exact) mass is 427 g/mol. The summed E-state index contributed by atoms with van der Waals surface area (Å²) in [5, 5.41) is 12.6. The largest absolute Gasteiger partial charge is 0.490 e. The molecule has 1 aliphatic rings. The van der Waals surface area contributed by atoms with E-state index in [4.69, 9.17) is 19.0 Å². The molecule has 0 amide bonds. The van der Waals surface area contributed by atoms with Gasteiger partial charge in [-0.05, 0) is 30.5 Å². The van der Waals surface area contributed by atoms with E-state index in [1.165, 1.54) is 4.88 Å². The Morgan fingerprint density at radius 2 is 2.07 bits per heavy atom. The van der Waals surface area contributed by atoms with Crippen molar-refractivity contribution in [3.63, 3.8) is 0 Å². The number of nitrogens with one attached hydrogen (secondary N) is 2. The highest BCUT2D eigenvalue weighted by Gasteiger charge is 2.12. The van der Waals surface area contributed by atoms with Gasteiger partial charge < -0.3 is 24.6 Å². The van der Waals surface area contributed by atoms with Gasteiger partial charge in [0.1, 0.15) is 0 Å². The lowest BCUT2D eigenvalue weighted by molar-refractivity contribution is 0.297. The number of fused-ring (bicyclic) bond motifs is 1. The van der Waals surface area contributed by atoms with Crippen LogP contribution in [0.1, 0.15) is 23.0 Å². The van der Waals surface area contributed by atoms with Crippen LogP contribution in [0.2, 0.25) is 0 Å². The lowest BCUT2D eigenvalue weighted by atomic mass is 10.2. The van der Waals surface area contributed by atoms with Crippen LogP contribution in [0.3, 0.4) is 0 Å². The van der Waals surface area contributed by atoms with Gasteiger partial charge in [-0.3, -0.25) is 4.99 Å². The fourth-order valence-electron chi connectivity index (χ4n) is 2.98. The van der Waals surface area contributed by atoms with Crippen molar-refractivity contribution in [3.8, 4) is 11.5 Å². The van der Waals surface area contributed by atoms with E-state index in [0.717, 1.165) is 30.0 Å². The normalized spacial score (nSPS) is 13.7. The van der Waals surface area contributed by atoms with E-state index in [-0.39, 0.29) is 0 Å². The van der Waals surface area contributed by atoms with Crippen LogP contribution in [0.15, 0.2) is 45.2 Å².